The van der Waals surface area contributed by atoms with Crippen molar-refractivity contribution in [2.24, 2.45) is 11.8 Å². The van der Waals surface area contributed by atoms with E-state index in [9.17, 15) is 0 Å². The van der Waals surface area contributed by atoms with Gasteiger partial charge in [0, 0.05) is 12.2 Å². The minimum absolute atomic E-state index is 0.526. The van der Waals surface area contributed by atoms with E-state index >= 15 is 0 Å². The summed E-state index contributed by atoms with van der Waals surface area (Å²) in [6.45, 7) is 4.66. The lowest BCUT2D eigenvalue weighted by atomic mass is 9.79. The normalized spacial score (nSPS) is 22.4. The number of pyridine rings is 1. The van der Waals surface area contributed by atoms with Crippen molar-refractivity contribution in [2.45, 2.75) is 45.6 Å². The Hall–Kier alpha value is -1.91. The highest BCUT2D eigenvalue weighted by Crippen LogP contribution is 2.32. The second-order valence-electron chi connectivity index (χ2n) is 6.23. The highest BCUT2D eigenvalue weighted by molar-refractivity contribution is 5.56. The molecule has 0 aromatic carbocycles. The van der Waals surface area contributed by atoms with Crippen LogP contribution in [0.15, 0.2) is 31.0 Å². The molecule has 0 bridgehead atoms. The zero-order chi connectivity index (χ0) is 14.7. The maximum absolute atomic E-state index is 4.44. The van der Waals surface area contributed by atoms with Gasteiger partial charge in [-0.25, -0.2) is 14.6 Å². The average Bonchev–Trinajstić information content (AvgIpc) is 3.02. The first-order valence-corrected chi connectivity index (χ1v) is 7.80. The highest BCUT2D eigenvalue weighted by atomic mass is 15.3. The maximum atomic E-state index is 4.44. The Morgan fingerprint density at radius 2 is 2.24 bits per heavy atom. The average molecular weight is 285 g/mol. The van der Waals surface area contributed by atoms with Gasteiger partial charge in [-0.3, -0.25) is 0 Å². The molecular formula is C16H23N5. The smallest absolute Gasteiger partial charge is 0.178 e. The number of hydrogen-bond acceptors (Lipinski definition) is 4. The SMILES string of the molecule is CC(C)C1CCCC(Nc2cccnc2-n2cncn2)C1. The minimum atomic E-state index is 0.526. The Balaban J connectivity index is 1.76. The summed E-state index contributed by atoms with van der Waals surface area (Å²) in [6.07, 6.45) is 10.1. The molecule has 0 saturated heterocycles. The van der Waals surface area contributed by atoms with Gasteiger partial charge in [-0.1, -0.05) is 26.7 Å². The molecule has 112 valence electrons. The van der Waals surface area contributed by atoms with Crippen LogP contribution in [-0.2, 0) is 0 Å². The summed E-state index contributed by atoms with van der Waals surface area (Å²) < 4.78 is 1.71. The molecule has 5 nitrogen and oxygen atoms in total. The predicted molar refractivity (Wildman–Crippen MR) is 83.4 cm³/mol. The summed E-state index contributed by atoms with van der Waals surface area (Å²) >= 11 is 0. The molecule has 1 aliphatic carbocycles. The van der Waals surface area contributed by atoms with Crippen LogP contribution in [0.3, 0.4) is 0 Å². The van der Waals surface area contributed by atoms with Crippen LogP contribution in [0, 0.1) is 11.8 Å². The van der Waals surface area contributed by atoms with Crippen LogP contribution in [0.2, 0.25) is 0 Å². The molecule has 21 heavy (non-hydrogen) atoms. The molecule has 5 heteroatoms. The van der Waals surface area contributed by atoms with Crippen molar-refractivity contribution in [1.82, 2.24) is 19.7 Å². The summed E-state index contributed by atoms with van der Waals surface area (Å²) in [5.74, 6) is 2.41. The Kier molecular flexibility index (Phi) is 4.18. The summed E-state index contributed by atoms with van der Waals surface area (Å²) in [5.41, 5.74) is 1.04. The summed E-state index contributed by atoms with van der Waals surface area (Å²) in [4.78, 5) is 8.44. The molecule has 0 amide bonds. The topological polar surface area (TPSA) is 55.6 Å². The molecule has 1 N–H and O–H groups in total. The lowest BCUT2D eigenvalue weighted by molar-refractivity contribution is 0.264. The van der Waals surface area contributed by atoms with Gasteiger partial charge in [0.25, 0.3) is 0 Å². The molecule has 0 spiro atoms. The van der Waals surface area contributed by atoms with Crippen LogP contribution < -0.4 is 5.32 Å². The van der Waals surface area contributed by atoms with E-state index in [2.05, 4.69) is 40.3 Å². The Bertz CT molecular complexity index is 564. The number of aromatic nitrogens is 4. The van der Waals surface area contributed by atoms with E-state index < -0.39 is 0 Å². The zero-order valence-corrected chi connectivity index (χ0v) is 12.7. The van der Waals surface area contributed by atoms with Gasteiger partial charge >= 0.3 is 0 Å². The number of rotatable bonds is 4. The molecule has 0 radical (unpaired) electrons. The van der Waals surface area contributed by atoms with Crippen LogP contribution in [0.1, 0.15) is 39.5 Å². The third-order valence-corrected chi connectivity index (χ3v) is 4.44. The molecule has 2 atom stereocenters. The van der Waals surface area contributed by atoms with Crippen molar-refractivity contribution in [2.75, 3.05) is 5.32 Å². The number of anilines is 1. The lowest BCUT2D eigenvalue weighted by Gasteiger charge is -2.32. The van der Waals surface area contributed by atoms with Crippen LogP contribution in [0.25, 0.3) is 5.82 Å². The molecule has 1 aliphatic rings. The molecule has 2 heterocycles. The van der Waals surface area contributed by atoms with Crippen molar-refractivity contribution in [3.63, 3.8) is 0 Å². The summed E-state index contributed by atoms with van der Waals surface area (Å²) in [7, 11) is 0. The fourth-order valence-corrected chi connectivity index (χ4v) is 3.19. The van der Waals surface area contributed by atoms with E-state index in [1.807, 2.05) is 6.07 Å². The Morgan fingerprint density at radius 3 is 3.00 bits per heavy atom. The van der Waals surface area contributed by atoms with Crippen molar-refractivity contribution in [3.8, 4) is 5.82 Å². The first-order chi connectivity index (χ1) is 10.2. The molecule has 1 saturated carbocycles. The van der Waals surface area contributed by atoms with E-state index in [0.717, 1.165) is 23.3 Å². The lowest BCUT2D eigenvalue weighted by Crippen LogP contribution is -2.30. The van der Waals surface area contributed by atoms with Crippen molar-refractivity contribution >= 4 is 5.69 Å². The van der Waals surface area contributed by atoms with E-state index in [0.29, 0.717) is 6.04 Å². The number of hydrogen-bond donors (Lipinski definition) is 1. The maximum Gasteiger partial charge on any atom is 0.178 e. The fourth-order valence-electron chi connectivity index (χ4n) is 3.19. The minimum Gasteiger partial charge on any atom is -0.379 e. The second kappa shape index (κ2) is 6.24. The molecule has 2 aromatic rings. The van der Waals surface area contributed by atoms with Gasteiger partial charge in [-0.15, -0.1) is 0 Å². The van der Waals surface area contributed by atoms with E-state index in [1.165, 1.54) is 32.0 Å². The zero-order valence-electron chi connectivity index (χ0n) is 12.7. The van der Waals surface area contributed by atoms with Crippen molar-refractivity contribution < 1.29 is 0 Å². The van der Waals surface area contributed by atoms with Crippen molar-refractivity contribution in [3.05, 3.63) is 31.0 Å². The molecular weight excluding hydrogens is 262 g/mol. The van der Waals surface area contributed by atoms with Gasteiger partial charge in [0.05, 0.1) is 5.69 Å². The Morgan fingerprint density at radius 1 is 1.33 bits per heavy atom. The van der Waals surface area contributed by atoms with Crippen molar-refractivity contribution in [1.29, 1.82) is 0 Å². The fraction of sp³-hybridized carbons (Fsp3) is 0.562. The number of nitrogens with one attached hydrogen (secondary N) is 1. The van der Waals surface area contributed by atoms with Crippen LogP contribution in [0.5, 0.6) is 0 Å². The largest absolute Gasteiger partial charge is 0.379 e. The first kappa shape index (κ1) is 14.0. The number of nitrogens with zero attached hydrogens (tertiary/aromatic N) is 4. The summed E-state index contributed by atoms with van der Waals surface area (Å²) in [5, 5.41) is 7.86. The standard InChI is InChI=1S/C16H23N5/c1-12(2)13-5-3-6-14(9-13)20-15-7-4-8-18-16(15)21-11-17-10-19-21/h4,7-8,10-14,20H,3,5-6,9H2,1-2H3. The van der Waals surface area contributed by atoms with Gasteiger partial charge in [-0.2, -0.15) is 5.10 Å². The van der Waals surface area contributed by atoms with Gasteiger partial charge in [0.15, 0.2) is 5.82 Å². The van der Waals surface area contributed by atoms with Crippen LogP contribution >= 0.6 is 0 Å². The first-order valence-electron chi connectivity index (χ1n) is 7.80. The van der Waals surface area contributed by atoms with Gasteiger partial charge in [-0.05, 0) is 36.8 Å². The third kappa shape index (κ3) is 3.23. The highest BCUT2D eigenvalue weighted by Gasteiger charge is 2.24. The molecule has 3 rings (SSSR count). The quantitative estimate of drug-likeness (QED) is 0.936. The van der Waals surface area contributed by atoms with E-state index in [1.54, 1.807) is 17.2 Å². The molecule has 2 unspecified atom stereocenters. The summed E-state index contributed by atoms with van der Waals surface area (Å²) in [6, 6.07) is 4.56. The molecule has 2 aromatic heterocycles. The predicted octanol–water partition coefficient (Wildman–Crippen LogP) is 3.29. The molecule has 1 fully saturated rings. The Labute approximate surface area is 125 Å². The van der Waals surface area contributed by atoms with Gasteiger partial charge < -0.3 is 5.32 Å². The van der Waals surface area contributed by atoms with E-state index in [4.69, 9.17) is 0 Å². The van der Waals surface area contributed by atoms with Gasteiger partial charge in [0.1, 0.15) is 12.7 Å². The molecule has 0 aliphatic heterocycles. The third-order valence-electron chi connectivity index (χ3n) is 4.44. The second-order valence-corrected chi connectivity index (χ2v) is 6.23. The monoisotopic (exact) mass is 285 g/mol. The van der Waals surface area contributed by atoms with Crippen LogP contribution in [0.4, 0.5) is 5.69 Å². The van der Waals surface area contributed by atoms with Crippen LogP contribution in [-0.4, -0.2) is 25.8 Å². The van der Waals surface area contributed by atoms with E-state index in [-0.39, 0.29) is 0 Å². The van der Waals surface area contributed by atoms with Gasteiger partial charge in [0.2, 0.25) is 0 Å².